The third kappa shape index (κ3) is 5.50. The number of fused-ring (bicyclic) bond motifs is 1. The molecule has 3 rings (SSSR count). The molecule has 1 amide bonds. The van der Waals surface area contributed by atoms with Gasteiger partial charge in [0.05, 0.1) is 5.57 Å². The minimum absolute atomic E-state index is 0.0187. The first-order chi connectivity index (χ1) is 13.7. The first-order valence-corrected chi connectivity index (χ1v) is 8.51. The van der Waals surface area contributed by atoms with Crippen molar-refractivity contribution >= 4 is 23.6 Å². The van der Waals surface area contributed by atoms with E-state index in [-0.39, 0.29) is 17.9 Å². The van der Waals surface area contributed by atoms with Crippen LogP contribution in [0.2, 0.25) is 0 Å². The number of esters is 1. The number of nitrogens with one attached hydrogen (secondary N) is 1. The zero-order valence-electron chi connectivity index (χ0n) is 15.2. The van der Waals surface area contributed by atoms with Crippen molar-refractivity contribution in [3.8, 4) is 11.5 Å². The predicted molar refractivity (Wildman–Crippen MR) is 97.2 cm³/mol. The molecule has 1 aliphatic rings. The molecule has 0 aromatic heterocycles. The van der Waals surface area contributed by atoms with E-state index in [1.807, 2.05) is 6.07 Å². The first kappa shape index (κ1) is 20.2. The van der Waals surface area contributed by atoms with Gasteiger partial charge in [0, 0.05) is 11.3 Å². The molecule has 2 aromatic carbocycles. The fourth-order valence-corrected chi connectivity index (χ4v) is 2.51. The number of carbonyl (C=O) groups excluding carboxylic acids is 2. The Hall–Kier alpha value is -3.49. The monoisotopic (exact) mass is 407 g/mol. The van der Waals surface area contributed by atoms with Crippen molar-refractivity contribution in [3.63, 3.8) is 0 Å². The van der Waals surface area contributed by atoms with E-state index < -0.39 is 30.1 Å². The van der Waals surface area contributed by atoms with Crippen LogP contribution in [0.5, 0.6) is 11.5 Å². The zero-order chi connectivity index (χ0) is 21.0. The number of para-hydroxylation sites is 1. The number of halogens is 3. The smallest absolute Gasteiger partial charge is 0.488 e. The van der Waals surface area contributed by atoms with Gasteiger partial charge in [-0.3, -0.25) is 4.79 Å². The number of amides is 1. The van der Waals surface area contributed by atoms with Gasteiger partial charge < -0.3 is 19.5 Å². The van der Waals surface area contributed by atoms with Crippen molar-refractivity contribution in [2.75, 3.05) is 11.9 Å². The average Bonchev–Trinajstić information content (AvgIpc) is 2.67. The standard InChI is InChI=1S/C20H16F3NO5/c1-12(18(25)24-15-6-8-16(9-7-15)29-20(21,22)23)28-19(26)14-10-13-4-2-3-5-17(13)27-11-14/h2-10,12H,11H2,1H3,(H,24,25)/t12-/m0/s1. The first-order valence-electron chi connectivity index (χ1n) is 8.51. The molecule has 1 atom stereocenters. The van der Waals surface area contributed by atoms with Gasteiger partial charge in [-0.1, -0.05) is 18.2 Å². The molecule has 152 valence electrons. The Bertz CT molecular complexity index is 938. The Morgan fingerprint density at radius 1 is 1.10 bits per heavy atom. The van der Waals surface area contributed by atoms with Crippen LogP contribution in [0.1, 0.15) is 12.5 Å². The van der Waals surface area contributed by atoms with Crippen LogP contribution in [-0.4, -0.2) is 30.9 Å². The summed E-state index contributed by atoms with van der Waals surface area (Å²) in [6, 6.07) is 11.8. The Kier molecular flexibility index (Phi) is 5.76. The van der Waals surface area contributed by atoms with Crippen LogP contribution in [0, 0.1) is 0 Å². The molecule has 0 bridgehead atoms. The average molecular weight is 407 g/mol. The normalized spacial score (nSPS) is 14.0. The molecule has 2 aromatic rings. The third-order valence-corrected chi connectivity index (χ3v) is 3.90. The van der Waals surface area contributed by atoms with Crippen LogP contribution in [0.15, 0.2) is 54.1 Å². The fraction of sp³-hybridized carbons (Fsp3) is 0.200. The van der Waals surface area contributed by atoms with E-state index in [0.29, 0.717) is 5.75 Å². The largest absolute Gasteiger partial charge is 0.573 e. The Morgan fingerprint density at radius 3 is 2.48 bits per heavy atom. The number of alkyl halides is 3. The lowest BCUT2D eigenvalue weighted by Crippen LogP contribution is -2.31. The predicted octanol–water partition coefficient (Wildman–Crippen LogP) is 3.93. The van der Waals surface area contributed by atoms with Crippen molar-refractivity contribution in [2.45, 2.75) is 19.4 Å². The van der Waals surface area contributed by atoms with E-state index in [2.05, 4.69) is 10.1 Å². The summed E-state index contributed by atoms with van der Waals surface area (Å²) >= 11 is 0. The number of carbonyl (C=O) groups is 2. The molecule has 1 N–H and O–H groups in total. The zero-order valence-corrected chi connectivity index (χ0v) is 15.2. The van der Waals surface area contributed by atoms with Crippen LogP contribution >= 0.6 is 0 Å². The van der Waals surface area contributed by atoms with Crippen molar-refractivity contribution in [3.05, 3.63) is 59.7 Å². The number of hydrogen-bond donors (Lipinski definition) is 1. The molecule has 0 unspecified atom stereocenters. The second-order valence-electron chi connectivity index (χ2n) is 6.11. The molecule has 0 saturated carbocycles. The second kappa shape index (κ2) is 8.26. The second-order valence-corrected chi connectivity index (χ2v) is 6.11. The summed E-state index contributed by atoms with van der Waals surface area (Å²) < 4.78 is 50.9. The summed E-state index contributed by atoms with van der Waals surface area (Å²) in [5.41, 5.74) is 1.21. The topological polar surface area (TPSA) is 73.9 Å². The summed E-state index contributed by atoms with van der Waals surface area (Å²) in [6.07, 6.45) is -4.30. The molecule has 29 heavy (non-hydrogen) atoms. The van der Waals surface area contributed by atoms with Gasteiger partial charge in [0.1, 0.15) is 18.1 Å². The highest BCUT2D eigenvalue weighted by molar-refractivity contribution is 5.99. The van der Waals surface area contributed by atoms with Gasteiger partial charge in [-0.15, -0.1) is 13.2 Å². The van der Waals surface area contributed by atoms with E-state index >= 15 is 0 Å². The van der Waals surface area contributed by atoms with Gasteiger partial charge in [0.2, 0.25) is 0 Å². The maximum atomic E-state index is 12.3. The lowest BCUT2D eigenvalue weighted by Gasteiger charge is -2.19. The van der Waals surface area contributed by atoms with Crippen molar-refractivity contribution in [1.29, 1.82) is 0 Å². The van der Waals surface area contributed by atoms with E-state index in [0.717, 1.165) is 17.7 Å². The molecule has 0 spiro atoms. The summed E-state index contributed by atoms with van der Waals surface area (Å²) in [6.45, 7) is 1.40. The maximum Gasteiger partial charge on any atom is 0.573 e. The molecule has 0 saturated heterocycles. The SMILES string of the molecule is C[C@H](OC(=O)C1=Cc2ccccc2OC1)C(=O)Nc1ccc(OC(F)(F)F)cc1. The highest BCUT2D eigenvalue weighted by Crippen LogP contribution is 2.26. The summed E-state index contributed by atoms with van der Waals surface area (Å²) in [5, 5.41) is 2.45. The van der Waals surface area contributed by atoms with Crippen LogP contribution in [-0.2, 0) is 14.3 Å². The Labute approximate surface area is 163 Å². The lowest BCUT2D eigenvalue weighted by atomic mass is 10.1. The fourth-order valence-electron chi connectivity index (χ4n) is 2.51. The minimum Gasteiger partial charge on any atom is -0.488 e. The van der Waals surface area contributed by atoms with Crippen LogP contribution < -0.4 is 14.8 Å². The molecule has 0 fully saturated rings. The quantitative estimate of drug-likeness (QED) is 0.761. The molecule has 1 aliphatic heterocycles. The minimum atomic E-state index is -4.80. The molecule has 0 aliphatic carbocycles. The molecule has 6 nitrogen and oxygen atoms in total. The van der Waals surface area contributed by atoms with Gasteiger partial charge in [-0.05, 0) is 43.3 Å². The maximum absolute atomic E-state index is 12.3. The number of benzene rings is 2. The summed E-state index contributed by atoms with van der Waals surface area (Å²) in [7, 11) is 0. The van der Waals surface area contributed by atoms with Gasteiger partial charge in [0.25, 0.3) is 5.91 Å². The number of ether oxygens (including phenoxy) is 3. The van der Waals surface area contributed by atoms with Gasteiger partial charge in [-0.2, -0.15) is 0 Å². The Balaban J connectivity index is 1.57. The molecule has 1 heterocycles. The number of rotatable bonds is 5. The van der Waals surface area contributed by atoms with Crippen molar-refractivity contribution < 1.29 is 37.0 Å². The van der Waals surface area contributed by atoms with Gasteiger partial charge in [0.15, 0.2) is 6.10 Å². The van der Waals surface area contributed by atoms with E-state index in [1.165, 1.54) is 19.1 Å². The lowest BCUT2D eigenvalue weighted by molar-refractivity contribution is -0.274. The van der Waals surface area contributed by atoms with Crippen molar-refractivity contribution in [1.82, 2.24) is 0 Å². The van der Waals surface area contributed by atoms with E-state index in [4.69, 9.17) is 9.47 Å². The highest BCUT2D eigenvalue weighted by Gasteiger charge is 2.31. The Morgan fingerprint density at radius 2 is 1.79 bits per heavy atom. The van der Waals surface area contributed by atoms with Crippen LogP contribution in [0.25, 0.3) is 6.08 Å². The summed E-state index contributed by atoms with van der Waals surface area (Å²) in [5.74, 6) is -1.11. The molecular weight excluding hydrogens is 391 g/mol. The van der Waals surface area contributed by atoms with Crippen LogP contribution in [0.4, 0.5) is 18.9 Å². The van der Waals surface area contributed by atoms with Crippen molar-refractivity contribution in [2.24, 2.45) is 0 Å². The third-order valence-electron chi connectivity index (χ3n) is 3.90. The number of hydrogen-bond acceptors (Lipinski definition) is 5. The number of anilines is 1. The van der Waals surface area contributed by atoms with Gasteiger partial charge in [-0.25, -0.2) is 4.79 Å². The van der Waals surface area contributed by atoms with Crippen LogP contribution in [0.3, 0.4) is 0 Å². The highest BCUT2D eigenvalue weighted by atomic mass is 19.4. The molecule has 0 radical (unpaired) electrons. The molecular formula is C20H16F3NO5. The summed E-state index contributed by atoms with van der Waals surface area (Å²) in [4.78, 5) is 24.5. The molecule has 9 heteroatoms. The van der Waals surface area contributed by atoms with Gasteiger partial charge >= 0.3 is 12.3 Å². The van der Waals surface area contributed by atoms with E-state index in [9.17, 15) is 22.8 Å². The van der Waals surface area contributed by atoms with E-state index in [1.54, 1.807) is 24.3 Å².